The van der Waals surface area contributed by atoms with Crippen LogP contribution < -0.4 is 45.5 Å². The smallest absolute Gasteiger partial charge is 0.481 e. The summed E-state index contributed by atoms with van der Waals surface area (Å²) >= 11 is 4.67. The van der Waals surface area contributed by atoms with E-state index in [-0.39, 0.29) is 47.1 Å². The minimum atomic E-state index is 0. The Morgan fingerprint density at radius 1 is 1.13 bits per heavy atom. The molecular weight excluding hydrogens is 606 g/mol. The second-order valence-corrected chi connectivity index (χ2v) is 14.3. The van der Waals surface area contributed by atoms with Crippen molar-refractivity contribution in [1.82, 2.24) is 25.4 Å². The first-order valence-electron chi connectivity index (χ1n) is 17.3. The Bertz CT molecular complexity index is 1260. The van der Waals surface area contributed by atoms with Gasteiger partial charge in [0, 0.05) is 47.4 Å². The fourth-order valence-corrected chi connectivity index (χ4v) is 6.74. The van der Waals surface area contributed by atoms with Crippen molar-refractivity contribution >= 4 is 29.2 Å². The summed E-state index contributed by atoms with van der Waals surface area (Å²) in [5.74, 6) is 1.88. The van der Waals surface area contributed by atoms with Crippen molar-refractivity contribution in [1.29, 1.82) is 0 Å². The third-order valence-corrected chi connectivity index (χ3v) is 9.22. The normalized spacial score (nSPS) is 17.3. The van der Waals surface area contributed by atoms with E-state index in [4.69, 9.17) is 0 Å². The number of hydrogen-bond acceptors (Lipinski definition) is 5. The number of aromatic nitrogens is 1. The topological polar surface area (TPSA) is 44.3 Å². The molecule has 2 aromatic rings. The van der Waals surface area contributed by atoms with Gasteiger partial charge in [-0.3, -0.25) is 6.58 Å². The number of allylic oxidation sites excluding steroid dienone is 1. The molecule has 256 valence electrons. The van der Waals surface area contributed by atoms with Crippen molar-refractivity contribution in [2.75, 3.05) is 12.3 Å². The van der Waals surface area contributed by atoms with Crippen LogP contribution in [0.15, 0.2) is 81.1 Å². The van der Waals surface area contributed by atoms with E-state index in [2.05, 4.69) is 149 Å². The summed E-state index contributed by atoms with van der Waals surface area (Å²) < 4.78 is 2.19. The molecular formula is C40H64N5NaS. The van der Waals surface area contributed by atoms with E-state index in [0.29, 0.717) is 12.1 Å². The molecule has 3 rings (SSSR count). The Balaban J connectivity index is 0.000000869. The molecule has 4 atom stereocenters. The number of rotatable bonds is 18. The van der Waals surface area contributed by atoms with Gasteiger partial charge in [0.1, 0.15) is 0 Å². The molecule has 47 heavy (non-hydrogen) atoms. The number of unbranched alkanes of at least 4 members (excludes halogenated alkanes) is 1. The third-order valence-electron chi connectivity index (χ3n) is 8.80. The van der Waals surface area contributed by atoms with Crippen LogP contribution in [0.4, 0.5) is 0 Å². The quantitative estimate of drug-likeness (QED) is 0.0835. The van der Waals surface area contributed by atoms with E-state index in [1.165, 1.54) is 48.6 Å². The van der Waals surface area contributed by atoms with Crippen molar-refractivity contribution in [2.24, 2.45) is 5.41 Å². The van der Waals surface area contributed by atoms with Gasteiger partial charge in [0.25, 0.3) is 0 Å². The Morgan fingerprint density at radius 3 is 2.38 bits per heavy atom. The maximum Gasteiger partial charge on any atom is 1.00 e. The number of thiol groups is 1. The predicted octanol–water partition coefficient (Wildman–Crippen LogP) is 6.48. The van der Waals surface area contributed by atoms with Gasteiger partial charge < -0.3 is 31.5 Å². The standard InChI is InChI=1S/C31H48N4S.C9H16N.Na/c1-9-26-13-12-14-27(21-36)35(26)24(5)33-29(19-31(6,7)8)23(4)32-18-17-25-20-34(22(2)3)30-16-11-10-15-28(25)30;1-4-7-8-9(5-2)10-6-3;/h10-11,15-16,20,26-27,29,32-33,36H,2,4-5,9,12-14,17-19,21H2,1,3,6-8H3;6,9-10H,2-4,7-8H2,1H3;/q;-1;+1/t26-,27-,29?;;/m0../s1. The molecule has 5 nitrogen and oxygen atoms in total. The van der Waals surface area contributed by atoms with Gasteiger partial charge in [-0.2, -0.15) is 12.6 Å². The number of likely N-dealkylation sites (tertiary alicyclic amines) is 1. The number of para-hydroxylation sites is 1. The zero-order chi connectivity index (χ0) is 34.3. The number of benzene rings is 1. The molecule has 2 unspecified atom stereocenters. The number of hydrogen-bond donors (Lipinski definition) is 4. The summed E-state index contributed by atoms with van der Waals surface area (Å²) in [6.07, 6.45) is 17.1. The number of piperidine rings is 1. The van der Waals surface area contributed by atoms with Gasteiger partial charge in [0.05, 0.1) is 17.4 Å². The molecule has 1 aromatic heterocycles. The largest absolute Gasteiger partial charge is 1.00 e. The zero-order valence-electron chi connectivity index (χ0n) is 30.9. The summed E-state index contributed by atoms with van der Waals surface area (Å²) in [6.45, 7) is 34.5. The van der Waals surface area contributed by atoms with Gasteiger partial charge >= 0.3 is 29.6 Å². The molecule has 1 fully saturated rings. The van der Waals surface area contributed by atoms with Crippen molar-refractivity contribution in [3.63, 3.8) is 0 Å². The maximum absolute atomic E-state index is 4.67. The second kappa shape index (κ2) is 21.9. The van der Waals surface area contributed by atoms with Crippen LogP contribution in [0.1, 0.15) is 98.5 Å². The first kappa shape index (κ1) is 43.0. The minimum absolute atomic E-state index is 0. The van der Waals surface area contributed by atoms with E-state index < -0.39 is 0 Å². The van der Waals surface area contributed by atoms with Gasteiger partial charge in [0.15, 0.2) is 0 Å². The van der Waals surface area contributed by atoms with Crippen LogP contribution in [0.2, 0.25) is 0 Å². The molecule has 7 heteroatoms. The molecule has 2 heterocycles. The minimum Gasteiger partial charge on any atom is -0.481 e. The van der Waals surface area contributed by atoms with Crippen LogP contribution in [-0.2, 0) is 6.42 Å². The number of nitrogens with one attached hydrogen (secondary N) is 3. The van der Waals surface area contributed by atoms with Crippen molar-refractivity contribution in [3.05, 3.63) is 92.7 Å². The average Bonchev–Trinajstić information content (AvgIpc) is 3.40. The zero-order valence-corrected chi connectivity index (χ0v) is 33.8. The first-order chi connectivity index (χ1) is 21.9. The fraction of sp³-hybridized carbons (Fsp3) is 0.550. The first-order valence-corrected chi connectivity index (χ1v) is 18.0. The summed E-state index contributed by atoms with van der Waals surface area (Å²) in [6, 6.07) is 9.92. The Hall–Kier alpha value is -1.99. The van der Waals surface area contributed by atoms with Crippen LogP contribution in [0.3, 0.4) is 0 Å². The average molecular weight is 670 g/mol. The van der Waals surface area contributed by atoms with E-state index in [1.54, 1.807) is 6.20 Å². The molecule has 0 spiro atoms. The van der Waals surface area contributed by atoms with Gasteiger partial charge in [-0.25, -0.2) is 0 Å². The predicted molar refractivity (Wildman–Crippen MR) is 207 cm³/mol. The van der Waals surface area contributed by atoms with Gasteiger partial charge in [-0.15, -0.1) is 6.04 Å². The summed E-state index contributed by atoms with van der Waals surface area (Å²) in [5, 5.41) is 11.8. The molecule has 1 aliphatic heterocycles. The van der Waals surface area contributed by atoms with Gasteiger partial charge in [-0.05, 0) is 68.7 Å². The summed E-state index contributed by atoms with van der Waals surface area (Å²) in [4.78, 5) is 2.51. The van der Waals surface area contributed by atoms with E-state index in [9.17, 15) is 0 Å². The van der Waals surface area contributed by atoms with E-state index in [1.807, 2.05) is 0 Å². The molecule has 0 saturated carbocycles. The van der Waals surface area contributed by atoms with E-state index >= 15 is 0 Å². The van der Waals surface area contributed by atoms with Crippen molar-refractivity contribution in [3.8, 4) is 0 Å². The number of fused-ring (bicyclic) bond motifs is 1. The molecule has 1 aliphatic rings. The van der Waals surface area contributed by atoms with Crippen LogP contribution in [0.5, 0.6) is 0 Å². The fourth-order valence-electron chi connectivity index (χ4n) is 6.38. The molecule has 1 saturated heterocycles. The summed E-state index contributed by atoms with van der Waals surface area (Å²) in [5.41, 5.74) is 4.77. The molecule has 0 aliphatic carbocycles. The molecule has 0 amide bonds. The summed E-state index contributed by atoms with van der Waals surface area (Å²) in [7, 11) is 0. The van der Waals surface area contributed by atoms with Crippen LogP contribution in [-0.4, -0.2) is 45.9 Å². The second-order valence-electron chi connectivity index (χ2n) is 13.9. The molecule has 0 bridgehead atoms. The van der Waals surface area contributed by atoms with Crippen molar-refractivity contribution < 1.29 is 29.6 Å². The maximum atomic E-state index is 4.67. The Kier molecular flexibility index (Phi) is 20.0. The molecule has 1 aromatic carbocycles. The van der Waals surface area contributed by atoms with Crippen LogP contribution in [0.25, 0.3) is 16.6 Å². The van der Waals surface area contributed by atoms with Gasteiger partial charge in [-0.1, -0.05) is 98.4 Å². The van der Waals surface area contributed by atoms with Crippen molar-refractivity contribution in [2.45, 2.75) is 123 Å². The monoisotopic (exact) mass is 669 g/mol. The third kappa shape index (κ3) is 13.8. The molecule has 0 radical (unpaired) electrons. The van der Waals surface area contributed by atoms with Gasteiger partial charge in [0.2, 0.25) is 0 Å². The van der Waals surface area contributed by atoms with Crippen LogP contribution >= 0.6 is 12.6 Å². The van der Waals surface area contributed by atoms with E-state index in [0.717, 1.165) is 55.2 Å². The Morgan fingerprint density at radius 2 is 1.81 bits per heavy atom. The SMILES string of the molecule is C=C(NCCc1cn(C(=C)C)c2ccccc12)C(CC(C)(C)C)NC(=C)N1[C@H](CS)CCC[C@@H]1CC.C=[C-]C(CCCC)NC=C.[Na+]. The number of nitrogens with zero attached hydrogens (tertiary/aromatic N) is 2. The van der Waals surface area contributed by atoms with Crippen LogP contribution in [0, 0.1) is 11.5 Å². The Labute approximate surface area is 316 Å². The molecule has 3 N–H and O–H groups in total.